The third-order valence-corrected chi connectivity index (χ3v) is 3.76. The Morgan fingerprint density at radius 2 is 2.28 bits per heavy atom. The number of nitrogens with two attached hydrogens (primary N) is 1. The van der Waals surface area contributed by atoms with Gasteiger partial charge in [0.1, 0.15) is 5.75 Å². The highest BCUT2D eigenvalue weighted by Gasteiger charge is 2.29. The third-order valence-electron chi connectivity index (χ3n) is 3.76. The molecule has 0 aliphatic carbocycles. The van der Waals surface area contributed by atoms with E-state index in [1.54, 1.807) is 7.11 Å². The van der Waals surface area contributed by atoms with Gasteiger partial charge in [-0.3, -0.25) is 4.90 Å². The van der Waals surface area contributed by atoms with Gasteiger partial charge in [-0.1, -0.05) is 12.1 Å². The zero-order chi connectivity index (χ0) is 13.1. The molecule has 4 heteroatoms. The number of nitrogens with zero attached hydrogens (tertiary/aromatic N) is 1. The highest BCUT2D eigenvalue weighted by molar-refractivity contribution is 5.37. The van der Waals surface area contributed by atoms with E-state index in [0.29, 0.717) is 24.3 Å². The number of phenolic OH excluding ortho intramolecular Hbond substituents is 1. The molecule has 1 aromatic rings. The minimum atomic E-state index is 0.318. The fourth-order valence-corrected chi connectivity index (χ4v) is 2.73. The molecule has 2 unspecified atom stereocenters. The standard InChI is InChI=1S/C14H22N2O2/c1-16-8-10(7-15)5-13(16)11-3-4-12(9-18-2)14(17)6-11/h3-4,6,10,13,17H,5,7-9,15H2,1-2H3. The Bertz CT molecular complexity index is 409. The SMILES string of the molecule is COCc1ccc(C2CC(CN)CN2C)cc1O. The van der Waals surface area contributed by atoms with Crippen molar-refractivity contribution in [1.82, 2.24) is 4.90 Å². The average molecular weight is 250 g/mol. The molecule has 1 aliphatic heterocycles. The number of likely N-dealkylation sites (tertiary alicyclic amines) is 1. The van der Waals surface area contributed by atoms with Crippen molar-refractivity contribution in [1.29, 1.82) is 0 Å². The molecule has 1 aromatic carbocycles. The first-order valence-electron chi connectivity index (χ1n) is 6.36. The summed E-state index contributed by atoms with van der Waals surface area (Å²) in [7, 11) is 3.74. The summed E-state index contributed by atoms with van der Waals surface area (Å²) in [5.74, 6) is 0.875. The lowest BCUT2D eigenvalue weighted by atomic mass is 9.98. The van der Waals surface area contributed by atoms with Crippen LogP contribution < -0.4 is 5.73 Å². The molecule has 0 spiro atoms. The van der Waals surface area contributed by atoms with Crippen molar-refractivity contribution in [3.8, 4) is 5.75 Å². The largest absolute Gasteiger partial charge is 0.508 e. The molecule has 0 radical (unpaired) electrons. The maximum Gasteiger partial charge on any atom is 0.121 e. The maximum absolute atomic E-state index is 9.97. The van der Waals surface area contributed by atoms with E-state index in [9.17, 15) is 5.11 Å². The Morgan fingerprint density at radius 1 is 1.50 bits per heavy atom. The molecule has 100 valence electrons. The van der Waals surface area contributed by atoms with Gasteiger partial charge in [-0.05, 0) is 37.6 Å². The smallest absolute Gasteiger partial charge is 0.121 e. The van der Waals surface area contributed by atoms with E-state index in [0.717, 1.165) is 30.6 Å². The van der Waals surface area contributed by atoms with Crippen LogP contribution in [0.2, 0.25) is 0 Å². The van der Waals surface area contributed by atoms with Gasteiger partial charge in [-0.15, -0.1) is 0 Å². The Labute approximate surface area is 108 Å². The number of rotatable bonds is 4. The minimum Gasteiger partial charge on any atom is -0.508 e. The summed E-state index contributed by atoms with van der Waals surface area (Å²) >= 11 is 0. The van der Waals surface area contributed by atoms with Crippen molar-refractivity contribution in [2.75, 3.05) is 27.2 Å². The normalized spacial score (nSPS) is 24.6. The van der Waals surface area contributed by atoms with Gasteiger partial charge >= 0.3 is 0 Å². The van der Waals surface area contributed by atoms with E-state index in [-0.39, 0.29) is 0 Å². The molecule has 2 rings (SSSR count). The molecule has 4 nitrogen and oxygen atoms in total. The lowest BCUT2D eigenvalue weighted by molar-refractivity contribution is 0.182. The molecule has 2 atom stereocenters. The first kappa shape index (κ1) is 13.3. The number of benzene rings is 1. The zero-order valence-electron chi connectivity index (χ0n) is 11.1. The van der Waals surface area contributed by atoms with Crippen LogP contribution in [0.15, 0.2) is 18.2 Å². The molecule has 1 fully saturated rings. The Balaban J connectivity index is 2.16. The molecule has 1 saturated heterocycles. The summed E-state index contributed by atoms with van der Waals surface area (Å²) in [5, 5.41) is 9.97. The van der Waals surface area contributed by atoms with E-state index >= 15 is 0 Å². The first-order chi connectivity index (χ1) is 8.65. The van der Waals surface area contributed by atoms with Gasteiger partial charge in [0.15, 0.2) is 0 Å². The van der Waals surface area contributed by atoms with Crippen molar-refractivity contribution < 1.29 is 9.84 Å². The second-order valence-electron chi connectivity index (χ2n) is 5.11. The monoisotopic (exact) mass is 250 g/mol. The minimum absolute atomic E-state index is 0.318. The van der Waals surface area contributed by atoms with Gasteiger partial charge in [0.25, 0.3) is 0 Å². The fraction of sp³-hybridized carbons (Fsp3) is 0.571. The first-order valence-corrected chi connectivity index (χ1v) is 6.36. The van der Waals surface area contributed by atoms with Gasteiger partial charge in [0, 0.05) is 25.3 Å². The highest BCUT2D eigenvalue weighted by atomic mass is 16.5. The number of methoxy groups -OCH3 is 1. The summed E-state index contributed by atoms with van der Waals surface area (Å²) < 4.78 is 5.04. The van der Waals surface area contributed by atoms with Crippen LogP contribution in [-0.4, -0.2) is 37.3 Å². The third kappa shape index (κ3) is 2.66. The summed E-state index contributed by atoms with van der Waals surface area (Å²) in [4.78, 5) is 2.31. The van der Waals surface area contributed by atoms with Crippen LogP contribution in [0.3, 0.4) is 0 Å². The van der Waals surface area contributed by atoms with Crippen molar-refractivity contribution in [3.05, 3.63) is 29.3 Å². The van der Waals surface area contributed by atoms with Crippen molar-refractivity contribution in [3.63, 3.8) is 0 Å². The lowest BCUT2D eigenvalue weighted by Crippen LogP contribution is -2.20. The summed E-state index contributed by atoms with van der Waals surface area (Å²) in [5.41, 5.74) is 7.73. The molecular weight excluding hydrogens is 228 g/mol. The molecule has 18 heavy (non-hydrogen) atoms. The highest BCUT2D eigenvalue weighted by Crippen LogP contribution is 2.35. The molecule has 3 N–H and O–H groups in total. The fourth-order valence-electron chi connectivity index (χ4n) is 2.73. The molecule has 0 saturated carbocycles. The molecule has 0 aromatic heterocycles. The summed E-state index contributed by atoms with van der Waals surface area (Å²) in [6.45, 7) is 2.20. The average Bonchev–Trinajstić information content (AvgIpc) is 2.73. The van der Waals surface area contributed by atoms with Crippen LogP contribution >= 0.6 is 0 Å². The van der Waals surface area contributed by atoms with Gasteiger partial charge in [0.05, 0.1) is 6.61 Å². The van der Waals surface area contributed by atoms with Crippen molar-refractivity contribution >= 4 is 0 Å². The second kappa shape index (κ2) is 5.69. The quantitative estimate of drug-likeness (QED) is 0.850. The van der Waals surface area contributed by atoms with Crippen LogP contribution in [0.5, 0.6) is 5.75 Å². The van der Waals surface area contributed by atoms with E-state index in [1.807, 2.05) is 12.1 Å². The van der Waals surface area contributed by atoms with E-state index in [1.165, 1.54) is 0 Å². The zero-order valence-corrected chi connectivity index (χ0v) is 11.1. The molecular formula is C14H22N2O2. The molecule has 1 heterocycles. The number of hydrogen-bond acceptors (Lipinski definition) is 4. The van der Waals surface area contributed by atoms with Crippen LogP contribution in [0.25, 0.3) is 0 Å². The van der Waals surface area contributed by atoms with Crippen LogP contribution in [0.4, 0.5) is 0 Å². The van der Waals surface area contributed by atoms with E-state index in [2.05, 4.69) is 18.0 Å². The number of phenols is 1. The van der Waals surface area contributed by atoms with Crippen molar-refractivity contribution in [2.45, 2.75) is 19.1 Å². The Kier molecular flexibility index (Phi) is 4.22. The summed E-state index contributed by atoms with van der Waals surface area (Å²) in [6, 6.07) is 6.24. The lowest BCUT2D eigenvalue weighted by Gasteiger charge is -2.20. The van der Waals surface area contributed by atoms with E-state index < -0.39 is 0 Å². The Hall–Kier alpha value is -1.10. The number of ether oxygens (including phenoxy) is 1. The van der Waals surface area contributed by atoms with Gasteiger partial charge in [-0.2, -0.15) is 0 Å². The van der Waals surface area contributed by atoms with Gasteiger partial charge < -0.3 is 15.6 Å². The van der Waals surface area contributed by atoms with E-state index in [4.69, 9.17) is 10.5 Å². The number of aromatic hydroxyl groups is 1. The predicted octanol–water partition coefficient (Wildman–Crippen LogP) is 1.49. The molecule has 0 bridgehead atoms. The predicted molar refractivity (Wildman–Crippen MR) is 71.4 cm³/mol. The van der Waals surface area contributed by atoms with Crippen LogP contribution in [0, 0.1) is 5.92 Å². The topological polar surface area (TPSA) is 58.7 Å². The Morgan fingerprint density at radius 3 is 2.83 bits per heavy atom. The van der Waals surface area contributed by atoms with Gasteiger partial charge in [-0.25, -0.2) is 0 Å². The second-order valence-corrected chi connectivity index (χ2v) is 5.11. The molecule has 0 amide bonds. The molecule has 1 aliphatic rings. The van der Waals surface area contributed by atoms with Gasteiger partial charge in [0.2, 0.25) is 0 Å². The van der Waals surface area contributed by atoms with Crippen LogP contribution in [0.1, 0.15) is 23.6 Å². The summed E-state index contributed by atoms with van der Waals surface area (Å²) in [6.07, 6.45) is 1.07. The van der Waals surface area contributed by atoms with Crippen LogP contribution in [-0.2, 0) is 11.3 Å². The maximum atomic E-state index is 9.97. The van der Waals surface area contributed by atoms with Crippen molar-refractivity contribution in [2.24, 2.45) is 11.7 Å². The number of hydrogen-bond donors (Lipinski definition) is 2.